The minimum Gasteiger partial charge on any atom is -0.232 e. The van der Waals surface area contributed by atoms with Gasteiger partial charge >= 0.3 is 132 Å². The third-order valence-electron chi connectivity index (χ3n) is 8.77. The van der Waals surface area contributed by atoms with Crippen molar-refractivity contribution < 1.29 is 119 Å². The van der Waals surface area contributed by atoms with E-state index >= 15 is 0 Å². The topological polar surface area (TPSA) is 84.8 Å². The number of rotatable bonds is 0. The maximum absolute atomic E-state index is 10.7. The van der Waals surface area contributed by atoms with Crippen LogP contribution in [0.5, 0.6) is 0 Å². The van der Waals surface area contributed by atoms with E-state index in [9.17, 15) is 101 Å². The molecule has 4 aliphatic rings. The molecule has 39 heteroatoms. The second-order valence-corrected chi connectivity index (χ2v) is 24.0. The van der Waals surface area contributed by atoms with Gasteiger partial charge in [-0.05, 0) is 22.3 Å². The Balaban J connectivity index is 0.000000355. The average Bonchev–Trinajstić information content (AvgIpc) is 4.07. The summed E-state index contributed by atoms with van der Waals surface area (Å²) >= 11 is 0. The fourth-order valence-corrected chi connectivity index (χ4v) is 6.24. The molecule has 0 saturated carbocycles. The molecule has 440 valence electrons. The molecule has 0 radical (unpaired) electrons. The minimum atomic E-state index is -10.7. The molecule has 0 aliphatic carbocycles. The number of nitriles is 1. The van der Waals surface area contributed by atoms with Gasteiger partial charge in [0.15, 0.2) is 0 Å². The van der Waals surface area contributed by atoms with Gasteiger partial charge in [-0.25, -0.2) is 18.3 Å². The Morgan fingerprint density at radius 2 is 0.494 bits per heavy atom. The molecule has 2 aromatic carbocycles. The maximum Gasteiger partial charge on any atom is 0.250 e. The average molecular weight is 1250 g/mol. The van der Waals surface area contributed by atoms with Gasteiger partial charge in [0.05, 0.1) is 6.07 Å². The van der Waals surface area contributed by atoms with Crippen LogP contribution >= 0.6 is 31.2 Å². The Kier molecular flexibility index (Phi) is 15.9. The van der Waals surface area contributed by atoms with E-state index in [0.717, 1.165) is 49.5 Å². The molecule has 0 N–H and O–H groups in total. The number of hydrogen-bond acceptors (Lipinski definition) is 3. The maximum atomic E-state index is 9.87. The van der Waals surface area contributed by atoms with Crippen molar-refractivity contribution in [1.29, 1.82) is 5.26 Å². The van der Waals surface area contributed by atoms with Gasteiger partial charge in [0, 0.05) is 31.2 Å². The molecule has 8 aromatic rings. The predicted molar refractivity (Wildman–Crippen MR) is 241 cm³/mol. The molecular weight excluding hydrogens is 1210 g/mol. The number of halogens is 24. The molecule has 0 fully saturated rings. The van der Waals surface area contributed by atoms with Crippen molar-refractivity contribution >= 4 is 31.2 Å². The van der Waals surface area contributed by atoms with E-state index in [0.29, 0.717) is 0 Å². The van der Waals surface area contributed by atoms with E-state index in [1.54, 1.807) is 6.07 Å². The fraction of sp³-hybridized carbons (Fsp3) is 0.125. The Bertz CT molecular complexity index is 2960. The zero-order chi connectivity index (χ0) is 60.2. The van der Waals surface area contributed by atoms with E-state index in [2.05, 4.69) is 172 Å². The second kappa shape index (κ2) is 19.4. The smallest absolute Gasteiger partial charge is 0.232 e. The fourth-order valence-electron chi connectivity index (χ4n) is 6.24. The quantitative estimate of drug-likeness (QED) is 0.0861. The number of aromatic nitrogens is 10. The largest absolute Gasteiger partial charge is 0.250 e. The summed E-state index contributed by atoms with van der Waals surface area (Å²) in [6, 6.07) is 31.7. The van der Waals surface area contributed by atoms with Crippen LogP contribution in [-0.2, 0) is 26.2 Å². The molecule has 12 rings (SSSR count). The van der Waals surface area contributed by atoms with E-state index < -0.39 is 31.2 Å². The summed E-state index contributed by atoms with van der Waals surface area (Å²) in [7, 11) is -42.6. The summed E-state index contributed by atoms with van der Waals surface area (Å²) in [5, 5.41) is 7.32. The van der Waals surface area contributed by atoms with Crippen LogP contribution in [0.2, 0.25) is 0 Å². The van der Waals surface area contributed by atoms with Gasteiger partial charge in [-0.15, -0.1) is 0 Å². The van der Waals surface area contributed by atoms with Crippen molar-refractivity contribution in [2.45, 2.75) is 33.1 Å². The van der Waals surface area contributed by atoms with Gasteiger partial charge in [0.1, 0.15) is 75.8 Å². The molecule has 0 unspecified atom stereocenters. The van der Waals surface area contributed by atoms with Gasteiger partial charge in [0.2, 0.25) is 23.3 Å². The molecule has 0 amide bonds. The summed E-state index contributed by atoms with van der Waals surface area (Å²) in [4.78, 5) is 9.93. The van der Waals surface area contributed by atoms with E-state index in [1.165, 1.54) is 29.2 Å². The third kappa shape index (κ3) is 33.2. The summed E-state index contributed by atoms with van der Waals surface area (Å²) in [5.41, 5.74) is 4.96. The van der Waals surface area contributed by atoms with Gasteiger partial charge in [-0.1, -0.05) is 60.7 Å². The van der Waals surface area contributed by atoms with Crippen LogP contribution in [0.3, 0.4) is 0 Å². The van der Waals surface area contributed by atoms with Crippen molar-refractivity contribution in [2.75, 3.05) is 0 Å². The van der Waals surface area contributed by atoms with Crippen LogP contribution in [0.1, 0.15) is 29.2 Å². The van der Waals surface area contributed by atoms with Crippen LogP contribution in [0.15, 0.2) is 160 Å². The van der Waals surface area contributed by atoms with E-state index in [-0.39, 0.29) is 0 Å². The monoisotopic (exact) mass is 1250 g/mol. The van der Waals surface area contributed by atoms with Crippen molar-refractivity contribution in [1.82, 2.24) is 28.2 Å². The number of benzene rings is 2. The third-order valence-corrected chi connectivity index (χ3v) is 8.77. The number of nitrogens with zero attached hydrogens (tertiary/aromatic N) is 11. The summed E-state index contributed by atoms with van der Waals surface area (Å²) in [6.07, 6.45) is 25.0. The first-order chi connectivity index (χ1) is 34.9. The van der Waals surface area contributed by atoms with Gasteiger partial charge < -0.3 is 0 Å². The molecule has 10 heterocycles. The Labute approximate surface area is 427 Å². The summed E-state index contributed by atoms with van der Waals surface area (Å²) in [5.74, 6) is 3.49. The molecule has 16 bridgehead atoms. The first-order valence-electron chi connectivity index (χ1n) is 20.8. The van der Waals surface area contributed by atoms with Crippen molar-refractivity contribution in [2.24, 2.45) is 0 Å². The first-order valence-corrected chi connectivity index (χ1v) is 29.0. The van der Waals surface area contributed by atoms with Crippen LogP contribution in [0, 0.1) is 11.3 Å². The van der Waals surface area contributed by atoms with Crippen molar-refractivity contribution in [3.8, 4) is 29.3 Å². The number of hydrogen-bond donors (Lipinski definition) is 0. The molecule has 4 aliphatic heterocycles. The summed E-state index contributed by atoms with van der Waals surface area (Å²) < 4.78 is 254. The standard InChI is InChI=1S/C38H34N10.C2H3N.4F6P/c1-3-35-39-36(4-1)46-20-16-42(28-46)24-32-9-13-34(14-10-32)26-44-18-22-48(30-44)38-6-2-5-37(40-38)47-21-17-43(29-47)25-33-11-7-31(8-12-33)23-41-15-19-45(35)27-41;1-2-3;4*1-7(2,3,4,5)6/h1-22,27-30H,23-26H2;1H3;;;;/q+4;;4*-1. The van der Waals surface area contributed by atoms with E-state index in [1.807, 2.05) is 24.3 Å². The number of imidazole rings is 4. The van der Waals surface area contributed by atoms with Gasteiger partial charge in [0.25, 0.3) is 25.3 Å². The minimum absolute atomic E-state index is 0.776. The predicted octanol–water partition coefficient (Wildman–Crippen LogP) is 17.4. The van der Waals surface area contributed by atoms with Crippen LogP contribution in [-0.4, -0.2) is 28.2 Å². The molecular formula is C40H37F24N11P4. The normalized spacial score (nSPS) is 16.0. The molecule has 0 saturated heterocycles. The van der Waals surface area contributed by atoms with Crippen molar-refractivity contribution in [3.63, 3.8) is 0 Å². The molecule has 11 nitrogen and oxygen atoms in total. The van der Waals surface area contributed by atoms with Crippen LogP contribution in [0.25, 0.3) is 23.3 Å². The van der Waals surface area contributed by atoms with Crippen molar-refractivity contribution in [3.05, 3.63) is 182 Å². The van der Waals surface area contributed by atoms with Gasteiger partial charge in [-0.2, -0.15) is 33.5 Å². The Morgan fingerprint density at radius 3 is 0.646 bits per heavy atom. The van der Waals surface area contributed by atoms with E-state index in [4.69, 9.17) is 15.2 Å². The summed E-state index contributed by atoms with van der Waals surface area (Å²) in [6.45, 7) is 4.54. The zero-order valence-electron chi connectivity index (χ0n) is 39.1. The number of pyridine rings is 2. The SMILES string of the molecule is CC#N.F[P-](F)(F)(F)(F)F.F[P-](F)(F)(F)(F)F.F[P-](F)(F)(F)(F)F.F[P-](F)(F)(F)(F)F.c1cc2nc(c1)-n1cc[n+](c1)Cc1ccc(cc1)C[n+]1ccn(c1)-c1cccc(n1)-n1cc[n+](c1)Cc1ccc(cc1)C[n+]1ccn-2c1. The molecule has 6 aromatic heterocycles. The molecule has 0 atom stereocenters. The van der Waals surface area contributed by atoms with Crippen LogP contribution < -0.4 is 18.3 Å². The Morgan fingerprint density at radius 1 is 0.342 bits per heavy atom. The van der Waals surface area contributed by atoms with Crippen LogP contribution in [0.4, 0.5) is 101 Å². The van der Waals surface area contributed by atoms with Gasteiger partial charge in [-0.3, -0.25) is 0 Å². The Hall–Kier alpha value is -6.89. The second-order valence-electron chi connectivity index (χ2n) is 16.4. The molecule has 79 heavy (non-hydrogen) atoms. The molecule has 0 spiro atoms. The first kappa shape index (κ1) is 64.6. The zero-order valence-corrected chi connectivity index (χ0v) is 42.7.